The van der Waals surface area contributed by atoms with E-state index >= 15 is 0 Å². The zero-order chi connectivity index (χ0) is 19.0. The van der Waals surface area contributed by atoms with Crippen molar-refractivity contribution in [2.45, 2.75) is 6.04 Å². The number of hydrogen-bond donors (Lipinski definition) is 1. The van der Waals surface area contributed by atoms with Gasteiger partial charge in [0, 0.05) is 33.3 Å². The third-order valence-electron chi connectivity index (χ3n) is 4.40. The quantitative estimate of drug-likeness (QED) is 0.784. The lowest BCUT2D eigenvalue weighted by atomic mass is 10.0. The molecule has 2 amide bonds. The summed E-state index contributed by atoms with van der Waals surface area (Å²) < 4.78 is 15.1. The van der Waals surface area contributed by atoms with E-state index in [2.05, 4.69) is 5.32 Å². The van der Waals surface area contributed by atoms with E-state index in [1.165, 1.54) is 43.3 Å². The molecule has 1 aliphatic rings. The molecule has 0 spiro atoms. The molecule has 8 nitrogen and oxygen atoms in total. The van der Waals surface area contributed by atoms with Crippen molar-refractivity contribution in [1.29, 1.82) is 0 Å². The van der Waals surface area contributed by atoms with E-state index in [0.29, 0.717) is 5.56 Å². The fraction of sp³-hybridized carbons (Fsp3) is 0.294. The molecule has 3 rings (SSSR count). The van der Waals surface area contributed by atoms with Crippen molar-refractivity contribution < 1.29 is 14.0 Å². The summed E-state index contributed by atoms with van der Waals surface area (Å²) in [4.78, 5) is 50.6. The lowest BCUT2D eigenvalue weighted by molar-refractivity contribution is -0.128. The average molecular weight is 360 g/mol. The van der Waals surface area contributed by atoms with E-state index in [1.807, 2.05) is 0 Å². The maximum atomic E-state index is 13.2. The highest BCUT2D eigenvalue weighted by atomic mass is 19.1. The Balaban J connectivity index is 2.07. The van der Waals surface area contributed by atoms with Crippen LogP contribution in [0.2, 0.25) is 0 Å². The molecule has 0 unspecified atom stereocenters. The van der Waals surface area contributed by atoms with Gasteiger partial charge >= 0.3 is 5.69 Å². The smallest absolute Gasteiger partial charge is 0.331 e. The van der Waals surface area contributed by atoms with Gasteiger partial charge in [-0.25, -0.2) is 9.18 Å². The first kappa shape index (κ1) is 17.6. The van der Waals surface area contributed by atoms with Crippen LogP contribution in [0.5, 0.6) is 0 Å². The minimum atomic E-state index is -0.976. The summed E-state index contributed by atoms with van der Waals surface area (Å²) in [7, 11) is 2.69. The molecule has 0 bridgehead atoms. The number of aromatic nitrogens is 2. The highest BCUT2D eigenvalue weighted by Crippen LogP contribution is 2.25. The van der Waals surface area contributed by atoms with Crippen LogP contribution in [0.25, 0.3) is 0 Å². The van der Waals surface area contributed by atoms with Crippen molar-refractivity contribution in [2.75, 3.05) is 13.1 Å². The molecule has 1 N–H and O–H groups in total. The lowest BCUT2D eigenvalue weighted by Crippen LogP contribution is -2.53. The van der Waals surface area contributed by atoms with E-state index in [0.717, 1.165) is 15.2 Å². The van der Waals surface area contributed by atoms with Gasteiger partial charge in [-0.1, -0.05) is 12.1 Å². The Morgan fingerprint density at radius 3 is 2.42 bits per heavy atom. The number of nitrogens with zero attached hydrogens (tertiary/aromatic N) is 3. The second-order valence-electron chi connectivity index (χ2n) is 6.01. The van der Waals surface area contributed by atoms with Gasteiger partial charge in [0.25, 0.3) is 11.5 Å². The number of carbonyl (C=O) groups excluding carboxylic acids is 2. The summed E-state index contributed by atoms with van der Waals surface area (Å²) in [5, 5.41) is 2.67. The second kappa shape index (κ2) is 6.58. The first-order valence-corrected chi connectivity index (χ1v) is 7.92. The van der Waals surface area contributed by atoms with Gasteiger partial charge in [-0.15, -0.1) is 0 Å². The predicted octanol–water partition coefficient (Wildman–Crippen LogP) is -0.464. The molecular formula is C17H17FN4O4. The minimum absolute atomic E-state index is 0.111. The van der Waals surface area contributed by atoms with Crippen molar-refractivity contribution in [1.82, 2.24) is 19.4 Å². The average Bonchev–Trinajstić information content (AvgIpc) is 2.63. The molecule has 1 saturated heterocycles. The minimum Gasteiger partial charge on any atom is -0.352 e. The largest absolute Gasteiger partial charge is 0.352 e. The number of halogens is 1. The molecule has 2 heterocycles. The van der Waals surface area contributed by atoms with E-state index in [-0.39, 0.29) is 18.8 Å². The van der Waals surface area contributed by atoms with Crippen LogP contribution in [0.4, 0.5) is 4.39 Å². The maximum Gasteiger partial charge on any atom is 0.331 e. The number of benzene rings is 1. The summed E-state index contributed by atoms with van der Waals surface area (Å²) in [5.41, 5.74) is -0.928. The van der Waals surface area contributed by atoms with Crippen molar-refractivity contribution >= 4 is 11.8 Å². The van der Waals surface area contributed by atoms with Gasteiger partial charge in [0.15, 0.2) is 0 Å². The lowest BCUT2D eigenvalue weighted by Gasteiger charge is -2.35. The summed E-state index contributed by atoms with van der Waals surface area (Å²) in [6.07, 6.45) is 0. The molecule has 0 radical (unpaired) electrons. The Morgan fingerprint density at radius 2 is 1.77 bits per heavy atom. The van der Waals surface area contributed by atoms with E-state index < -0.39 is 34.9 Å². The van der Waals surface area contributed by atoms with Crippen LogP contribution in [0.3, 0.4) is 0 Å². The summed E-state index contributed by atoms with van der Waals surface area (Å²) >= 11 is 0. The number of nitrogens with one attached hydrogen (secondary N) is 1. The number of piperazine rings is 1. The monoisotopic (exact) mass is 360 g/mol. The standard InChI is InChI=1S/C17H17FN4O4/c1-20-12(9-13(23)21(2)17(20)26)16(25)22-8-7-19-15(24)14(22)10-3-5-11(18)6-4-10/h3-6,9,14H,7-8H2,1-2H3,(H,19,24)/t14-/m0/s1. The van der Waals surface area contributed by atoms with Crippen LogP contribution in [-0.2, 0) is 18.9 Å². The van der Waals surface area contributed by atoms with Crippen LogP contribution in [0.15, 0.2) is 39.9 Å². The third-order valence-corrected chi connectivity index (χ3v) is 4.40. The van der Waals surface area contributed by atoms with Crippen LogP contribution in [0, 0.1) is 5.82 Å². The molecule has 2 aromatic rings. The first-order chi connectivity index (χ1) is 12.3. The number of carbonyl (C=O) groups is 2. The second-order valence-corrected chi connectivity index (χ2v) is 6.01. The van der Waals surface area contributed by atoms with Crippen molar-refractivity contribution in [3.05, 3.63) is 68.2 Å². The molecule has 1 aliphatic heterocycles. The van der Waals surface area contributed by atoms with Gasteiger partial charge < -0.3 is 10.2 Å². The van der Waals surface area contributed by atoms with E-state index in [4.69, 9.17) is 0 Å². The van der Waals surface area contributed by atoms with Crippen molar-refractivity contribution in [2.24, 2.45) is 14.1 Å². The zero-order valence-corrected chi connectivity index (χ0v) is 14.2. The molecule has 136 valence electrons. The molecule has 26 heavy (non-hydrogen) atoms. The predicted molar refractivity (Wildman–Crippen MR) is 90.1 cm³/mol. The Bertz CT molecular complexity index is 993. The fourth-order valence-electron chi connectivity index (χ4n) is 2.95. The fourth-order valence-corrected chi connectivity index (χ4v) is 2.95. The van der Waals surface area contributed by atoms with Crippen LogP contribution in [-0.4, -0.2) is 38.9 Å². The Labute approximate surface area is 147 Å². The van der Waals surface area contributed by atoms with Crippen LogP contribution < -0.4 is 16.6 Å². The molecule has 1 atom stereocenters. The molecule has 9 heteroatoms. The summed E-state index contributed by atoms with van der Waals surface area (Å²) in [6, 6.07) is 5.35. The maximum absolute atomic E-state index is 13.2. The number of hydrogen-bond acceptors (Lipinski definition) is 4. The molecule has 0 saturated carbocycles. The molecule has 1 fully saturated rings. The first-order valence-electron chi connectivity index (χ1n) is 7.92. The van der Waals surface area contributed by atoms with Crippen LogP contribution >= 0.6 is 0 Å². The third kappa shape index (κ3) is 2.92. The van der Waals surface area contributed by atoms with Gasteiger partial charge in [-0.2, -0.15) is 0 Å². The van der Waals surface area contributed by atoms with E-state index in [1.54, 1.807) is 0 Å². The molecular weight excluding hydrogens is 343 g/mol. The topological polar surface area (TPSA) is 93.4 Å². The molecule has 0 aliphatic carbocycles. The van der Waals surface area contributed by atoms with Crippen LogP contribution in [0.1, 0.15) is 22.1 Å². The Kier molecular flexibility index (Phi) is 4.45. The van der Waals surface area contributed by atoms with Gasteiger partial charge in [-0.3, -0.25) is 23.5 Å². The van der Waals surface area contributed by atoms with Gasteiger partial charge in [0.05, 0.1) is 0 Å². The number of rotatable bonds is 2. The Morgan fingerprint density at radius 1 is 1.12 bits per heavy atom. The SMILES string of the molecule is Cn1c(C(=O)N2CCNC(=O)[C@@H]2c2ccc(F)cc2)cc(=O)n(C)c1=O. The normalized spacial score (nSPS) is 17.1. The van der Waals surface area contributed by atoms with Gasteiger partial charge in [-0.05, 0) is 17.7 Å². The highest BCUT2D eigenvalue weighted by molar-refractivity contribution is 5.97. The molecule has 1 aromatic carbocycles. The van der Waals surface area contributed by atoms with E-state index in [9.17, 15) is 23.6 Å². The Hall–Kier alpha value is -3.23. The van der Waals surface area contributed by atoms with Crippen molar-refractivity contribution in [3.8, 4) is 0 Å². The zero-order valence-electron chi connectivity index (χ0n) is 14.2. The highest BCUT2D eigenvalue weighted by Gasteiger charge is 2.35. The summed E-state index contributed by atoms with van der Waals surface area (Å²) in [6.45, 7) is 0.428. The van der Waals surface area contributed by atoms with Crippen molar-refractivity contribution in [3.63, 3.8) is 0 Å². The number of amides is 2. The summed E-state index contributed by atoms with van der Waals surface area (Å²) in [5.74, 6) is -1.49. The van der Waals surface area contributed by atoms with Gasteiger partial charge in [0.2, 0.25) is 5.91 Å². The van der Waals surface area contributed by atoms with Gasteiger partial charge in [0.1, 0.15) is 17.6 Å². The molecule has 1 aromatic heterocycles.